The van der Waals surface area contributed by atoms with Gasteiger partial charge in [-0.3, -0.25) is 4.79 Å². The number of nitrogens with one attached hydrogen (secondary N) is 2. The van der Waals surface area contributed by atoms with Gasteiger partial charge in [-0.2, -0.15) is 0 Å². The van der Waals surface area contributed by atoms with Crippen LogP contribution in [0.5, 0.6) is 0 Å². The maximum absolute atomic E-state index is 12.7. The van der Waals surface area contributed by atoms with Gasteiger partial charge < -0.3 is 10.6 Å². The van der Waals surface area contributed by atoms with Gasteiger partial charge in [0.2, 0.25) is 5.95 Å². The Balaban J connectivity index is 1.86. The maximum Gasteiger partial charge on any atom is 0.274 e. The second-order valence-electron chi connectivity index (χ2n) is 6.56. The van der Waals surface area contributed by atoms with Gasteiger partial charge in [0.25, 0.3) is 5.91 Å². The van der Waals surface area contributed by atoms with Crippen LogP contribution in [-0.2, 0) is 6.42 Å². The molecule has 0 aliphatic rings. The summed E-state index contributed by atoms with van der Waals surface area (Å²) in [6.45, 7) is 7.96. The van der Waals surface area contributed by atoms with E-state index >= 15 is 0 Å². The van der Waals surface area contributed by atoms with Gasteiger partial charge in [-0.1, -0.05) is 37.3 Å². The largest absolute Gasteiger partial charge is 0.324 e. The number of hydrogen-bond donors (Lipinski definition) is 2. The molecule has 3 aromatic rings. The first-order valence-corrected chi connectivity index (χ1v) is 9.06. The van der Waals surface area contributed by atoms with Crippen LogP contribution in [0.1, 0.15) is 39.8 Å². The predicted octanol–water partition coefficient (Wildman–Crippen LogP) is 4.96. The van der Waals surface area contributed by atoms with Crippen molar-refractivity contribution in [2.45, 2.75) is 34.1 Å². The lowest BCUT2D eigenvalue weighted by atomic mass is 10.1. The SMILES string of the molecule is CCc1ccccc1Nc1nc(C)cc(C(=O)Nc2cccc(C)c2C)n1. The van der Waals surface area contributed by atoms with Crippen molar-refractivity contribution in [3.05, 3.63) is 76.6 Å². The molecule has 0 spiro atoms. The van der Waals surface area contributed by atoms with Crippen LogP contribution in [-0.4, -0.2) is 15.9 Å². The summed E-state index contributed by atoms with van der Waals surface area (Å²) in [5.74, 6) is 0.169. The summed E-state index contributed by atoms with van der Waals surface area (Å²) >= 11 is 0. The standard InChI is InChI=1S/C22H24N4O/c1-5-17-10-6-7-11-19(17)25-22-23-15(3)13-20(26-22)21(27)24-18-12-8-9-14(2)16(18)4/h6-13H,5H2,1-4H3,(H,24,27)(H,23,25,26). The molecule has 0 saturated carbocycles. The van der Waals surface area contributed by atoms with E-state index in [-0.39, 0.29) is 5.91 Å². The normalized spacial score (nSPS) is 10.5. The first kappa shape index (κ1) is 18.6. The van der Waals surface area contributed by atoms with Crippen molar-refractivity contribution in [3.8, 4) is 0 Å². The smallest absolute Gasteiger partial charge is 0.274 e. The molecule has 0 aliphatic carbocycles. The minimum absolute atomic E-state index is 0.249. The number of nitrogens with zero attached hydrogens (tertiary/aromatic N) is 2. The average Bonchev–Trinajstić information content (AvgIpc) is 2.65. The van der Waals surface area contributed by atoms with Gasteiger partial charge in [-0.15, -0.1) is 0 Å². The van der Waals surface area contributed by atoms with E-state index in [2.05, 4.69) is 33.6 Å². The van der Waals surface area contributed by atoms with E-state index in [9.17, 15) is 4.79 Å². The molecule has 1 heterocycles. The minimum Gasteiger partial charge on any atom is -0.324 e. The Morgan fingerprint density at radius 2 is 1.70 bits per heavy atom. The third kappa shape index (κ3) is 4.31. The Kier molecular flexibility index (Phi) is 5.50. The van der Waals surface area contributed by atoms with E-state index < -0.39 is 0 Å². The van der Waals surface area contributed by atoms with E-state index in [0.29, 0.717) is 11.6 Å². The van der Waals surface area contributed by atoms with E-state index in [0.717, 1.165) is 34.6 Å². The van der Waals surface area contributed by atoms with E-state index in [1.165, 1.54) is 5.56 Å². The van der Waals surface area contributed by atoms with Gasteiger partial charge in [-0.25, -0.2) is 9.97 Å². The summed E-state index contributed by atoms with van der Waals surface area (Å²) in [5, 5.41) is 6.19. The number of para-hydroxylation sites is 1. The van der Waals surface area contributed by atoms with Gasteiger partial charge in [-0.05, 0) is 62.1 Å². The van der Waals surface area contributed by atoms with Crippen LogP contribution in [0.4, 0.5) is 17.3 Å². The number of rotatable bonds is 5. The first-order chi connectivity index (χ1) is 13.0. The Bertz CT molecular complexity index is 982. The third-order valence-corrected chi connectivity index (χ3v) is 4.58. The van der Waals surface area contributed by atoms with Gasteiger partial charge in [0, 0.05) is 17.1 Å². The number of aromatic nitrogens is 2. The molecule has 2 aromatic carbocycles. The Morgan fingerprint density at radius 3 is 2.48 bits per heavy atom. The molecule has 5 heteroatoms. The maximum atomic E-state index is 12.7. The highest BCUT2D eigenvalue weighted by Gasteiger charge is 2.13. The quantitative estimate of drug-likeness (QED) is 0.675. The van der Waals surface area contributed by atoms with E-state index in [1.54, 1.807) is 6.07 Å². The van der Waals surface area contributed by atoms with Gasteiger partial charge in [0.15, 0.2) is 0 Å². The van der Waals surface area contributed by atoms with Crippen LogP contribution >= 0.6 is 0 Å². The number of anilines is 3. The zero-order valence-corrected chi connectivity index (χ0v) is 16.1. The van der Waals surface area contributed by atoms with Gasteiger partial charge >= 0.3 is 0 Å². The second kappa shape index (κ2) is 7.99. The van der Waals surface area contributed by atoms with Crippen LogP contribution < -0.4 is 10.6 Å². The summed E-state index contributed by atoms with van der Waals surface area (Å²) in [6, 6.07) is 15.6. The molecule has 2 N–H and O–H groups in total. The van der Waals surface area contributed by atoms with Crippen LogP contribution in [0.2, 0.25) is 0 Å². The molecular formula is C22H24N4O. The lowest BCUT2D eigenvalue weighted by Gasteiger charge is -2.12. The summed E-state index contributed by atoms with van der Waals surface area (Å²) in [7, 11) is 0. The number of hydrogen-bond acceptors (Lipinski definition) is 4. The molecule has 138 valence electrons. The van der Waals surface area contributed by atoms with Crippen molar-refractivity contribution in [2.75, 3.05) is 10.6 Å². The summed E-state index contributed by atoms with van der Waals surface area (Å²) < 4.78 is 0. The highest BCUT2D eigenvalue weighted by atomic mass is 16.1. The van der Waals surface area contributed by atoms with E-state index in [4.69, 9.17) is 0 Å². The minimum atomic E-state index is -0.249. The highest BCUT2D eigenvalue weighted by molar-refractivity contribution is 6.03. The zero-order valence-electron chi connectivity index (χ0n) is 16.1. The van der Waals surface area contributed by atoms with Crippen molar-refractivity contribution in [3.63, 3.8) is 0 Å². The van der Waals surface area contributed by atoms with Crippen molar-refractivity contribution in [1.82, 2.24) is 9.97 Å². The van der Waals surface area contributed by atoms with Crippen LogP contribution in [0, 0.1) is 20.8 Å². The topological polar surface area (TPSA) is 66.9 Å². The molecule has 0 radical (unpaired) electrons. The Labute approximate surface area is 159 Å². The van der Waals surface area contributed by atoms with E-state index in [1.807, 2.05) is 57.2 Å². The average molecular weight is 360 g/mol. The van der Waals surface area contributed by atoms with Crippen molar-refractivity contribution >= 4 is 23.2 Å². The third-order valence-electron chi connectivity index (χ3n) is 4.58. The molecular weight excluding hydrogens is 336 g/mol. The fourth-order valence-corrected chi connectivity index (χ4v) is 2.88. The molecule has 0 saturated heterocycles. The first-order valence-electron chi connectivity index (χ1n) is 9.06. The monoisotopic (exact) mass is 360 g/mol. The number of carbonyl (C=O) groups excluding carboxylic acids is 1. The van der Waals surface area contributed by atoms with Crippen molar-refractivity contribution in [2.24, 2.45) is 0 Å². The van der Waals surface area contributed by atoms with Crippen LogP contribution in [0.25, 0.3) is 0 Å². The fraction of sp³-hybridized carbons (Fsp3) is 0.227. The number of carbonyl (C=O) groups is 1. The van der Waals surface area contributed by atoms with Crippen LogP contribution in [0.15, 0.2) is 48.5 Å². The molecule has 1 aromatic heterocycles. The number of benzene rings is 2. The number of amides is 1. The second-order valence-corrected chi connectivity index (χ2v) is 6.56. The molecule has 0 atom stereocenters. The van der Waals surface area contributed by atoms with Crippen LogP contribution in [0.3, 0.4) is 0 Å². The number of aryl methyl sites for hydroxylation is 3. The molecule has 0 fully saturated rings. The molecule has 3 rings (SSSR count). The lowest BCUT2D eigenvalue weighted by Crippen LogP contribution is -2.16. The molecule has 0 bridgehead atoms. The molecule has 5 nitrogen and oxygen atoms in total. The molecule has 0 unspecified atom stereocenters. The molecule has 27 heavy (non-hydrogen) atoms. The Morgan fingerprint density at radius 1 is 0.963 bits per heavy atom. The van der Waals surface area contributed by atoms with Crippen molar-refractivity contribution in [1.29, 1.82) is 0 Å². The predicted molar refractivity (Wildman–Crippen MR) is 110 cm³/mol. The summed E-state index contributed by atoms with van der Waals surface area (Å²) in [4.78, 5) is 21.6. The highest BCUT2D eigenvalue weighted by Crippen LogP contribution is 2.21. The zero-order chi connectivity index (χ0) is 19.4. The van der Waals surface area contributed by atoms with Gasteiger partial charge in [0.1, 0.15) is 5.69 Å². The lowest BCUT2D eigenvalue weighted by molar-refractivity contribution is 0.102. The van der Waals surface area contributed by atoms with Gasteiger partial charge in [0.05, 0.1) is 0 Å². The summed E-state index contributed by atoms with van der Waals surface area (Å²) in [5.41, 5.74) is 6.15. The molecule has 0 aliphatic heterocycles. The van der Waals surface area contributed by atoms with Crippen molar-refractivity contribution < 1.29 is 4.79 Å². The fourth-order valence-electron chi connectivity index (χ4n) is 2.88. The Hall–Kier alpha value is -3.21. The summed E-state index contributed by atoms with van der Waals surface area (Å²) in [6.07, 6.45) is 0.898. The molecule has 1 amide bonds.